The highest BCUT2D eigenvalue weighted by molar-refractivity contribution is 7.20. The predicted octanol–water partition coefficient (Wildman–Crippen LogP) is 3.68. The molecule has 32 heavy (non-hydrogen) atoms. The van der Waals surface area contributed by atoms with Crippen molar-refractivity contribution in [1.82, 2.24) is 10.8 Å². The van der Waals surface area contributed by atoms with Gasteiger partial charge < -0.3 is 10.1 Å². The summed E-state index contributed by atoms with van der Waals surface area (Å²) in [6.45, 7) is 5.49. The highest BCUT2D eigenvalue weighted by atomic mass is 32.1. The molecule has 3 rings (SSSR count). The van der Waals surface area contributed by atoms with Crippen molar-refractivity contribution < 1.29 is 28.3 Å². The van der Waals surface area contributed by atoms with E-state index in [9.17, 15) is 18.8 Å². The van der Waals surface area contributed by atoms with Crippen LogP contribution in [0.15, 0.2) is 36.4 Å². The number of carbonyl (C=O) groups excluding carboxylic acids is 3. The number of halogens is 1. The lowest BCUT2D eigenvalue weighted by molar-refractivity contribution is -0.157. The molecule has 2 atom stereocenters. The molecule has 2 unspecified atom stereocenters. The van der Waals surface area contributed by atoms with Crippen molar-refractivity contribution in [3.8, 4) is 0 Å². The van der Waals surface area contributed by atoms with Gasteiger partial charge in [-0.15, -0.1) is 11.3 Å². The number of fused-ring (bicyclic) bond motifs is 1. The van der Waals surface area contributed by atoms with Crippen LogP contribution in [0.25, 0.3) is 15.8 Å². The van der Waals surface area contributed by atoms with E-state index >= 15 is 0 Å². The van der Waals surface area contributed by atoms with E-state index in [0.717, 1.165) is 15.0 Å². The Bertz CT molecular complexity index is 1030. The van der Waals surface area contributed by atoms with Crippen LogP contribution in [0.1, 0.15) is 45.4 Å². The molecule has 2 heterocycles. The van der Waals surface area contributed by atoms with Gasteiger partial charge in [0.1, 0.15) is 18.3 Å². The van der Waals surface area contributed by atoms with E-state index in [1.165, 1.54) is 0 Å². The van der Waals surface area contributed by atoms with Crippen molar-refractivity contribution in [2.24, 2.45) is 0 Å². The average Bonchev–Trinajstić information content (AvgIpc) is 3.36. The predicted molar refractivity (Wildman–Crippen MR) is 120 cm³/mol. The minimum Gasteiger partial charge on any atom is -0.460 e. The number of esters is 1. The van der Waals surface area contributed by atoms with Crippen molar-refractivity contribution in [3.63, 3.8) is 0 Å². The Hall–Kier alpha value is -2.78. The third-order valence-corrected chi connectivity index (χ3v) is 6.09. The summed E-state index contributed by atoms with van der Waals surface area (Å²) in [6.07, 6.45) is 1.44. The first kappa shape index (κ1) is 23.9. The normalized spacial score (nSPS) is 19.2. The lowest BCUT2D eigenvalue weighted by atomic mass is 9.97. The van der Waals surface area contributed by atoms with Crippen molar-refractivity contribution >= 4 is 44.8 Å². The fourth-order valence-electron chi connectivity index (χ4n) is 3.29. The van der Waals surface area contributed by atoms with Crippen LogP contribution in [-0.4, -0.2) is 41.6 Å². The van der Waals surface area contributed by atoms with Crippen LogP contribution in [0.2, 0.25) is 0 Å². The Kier molecular flexibility index (Phi) is 7.00. The van der Waals surface area contributed by atoms with Crippen LogP contribution in [0.4, 0.5) is 4.39 Å². The van der Waals surface area contributed by atoms with Crippen LogP contribution >= 0.6 is 11.3 Å². The third kappa shape index (κ3) is 5.34. The van der Waals surface area contributed by atoms with E-state index in [1.54, 1.807) is 45.1 Å². The second-order valence-electron chi connectivity index (χ2n) is 8.57. The zero-order valence-electron chi connectivity index (χ0n) is 18.5. The van der Waals surface area contributed by atoms with Gasteiger partial charge in [0.05, 0.1) is 17.0 Å². The number of Topliss-reactive ketones (excluding diaryl/α,β-unsaturated/α-hetero) is 1. The maximum Gasteiger partial charge on any atom is 0.308 e. The van der Waals surface area contributed by atoms with Crippen LogP contribution in [0.3, 0.4) is 0 Å². The Balaban J connectivity index is 1.79. The maximum atomic E-state index is 13.1. The number of nitrogens with one attached hydrogen (secondary N) is 2. The number of ketones is 1. The second kappa shape index (κ2) is 9.38. The highest BCUT2D eigenvalue weighted by Crippen LogP contribution is 2.35. The van der Waals surface area contributed by atoms with E-state index < -0.39 is 48.0 Å². The summed E-state index contributed by atoms with van der Waals surface area (Å²) in [7, 11) is 0. The summed E-state index contributed by atoms with van der Waals surface area (Å²) in [5.41, 5.74) is 1.26. The molecule has 0 fully saturated rings. The molecule has 0 saturated carbocycles. The summed E-state index contributed by atoms with van der Waals surface area (Å²) < 4.78 is 19.4. The van der Waals surface area contributed by atoms with Gasteiger partial charge in [-0.3, -0.25) is 24.7 Å². The molecule has 1 aliphatic rings. The molecule has 7 nitrogen and oxygen atoms in total. The molecule has 172 valence electrons. The van der Waals surface area contributed by atoms with Gasteiger partial charge in [0.2, 0.25) is 0 Å². The van der Waals surface area contributed by atoms with E-state index in [0.29, 0.717) is 5.70 Å². The van der Waals surface area contributed by atoms with E-state index in [2.05, 4.69) is 10.8 Å². The van der Waals surface area contributed by atoms with Gasteiger partial charge in [-0.25, -0.2) is 4.39 Å². The molecule has 2 aromatic rings. The Morgan fingerprint density at radius 3 is 2.62 bits per heavy atom. The van der Waals surface area contributed by atoms with Crippen molar-refractivity contribution in [1.29, 1.82) is 0 Å². The topological polar surface area (TPSA) is 93.7 Å². The standard InChI is InChI=1S/C23H27FN2O5S/c1-5-23(12-16(26-31-23)19-10-14-8-6-7-9-18(14)32-19)21(29)25-15(17(27)13-24)11-20(28)30-22(2,3)4/h6-10,12,15,26H,5,11,13H2,1-4H3,(H,25,29). The number of carbonyl (C=O) groups is 3. The molecule has 0 aliphatic carbocycles. The smallest absolute Gasteiger partial charge is 0.308 e. The van der Waals surface area contributed by atoms with Crippen molar-refractivity contribution in [2.45, 2.75) is 57.8 Å². The Morgan fingerprint density at radius 2 is 2.00 bits per heavy atom. The lowest BCUT2D eigenvalue weighted by Gasteiger charge is -2.26. The second-order valence-corrected chi connectivity index (χ2v) is 9.65. The number of benzene rings is 1. The van der Waals surface area contributed by atoms with Gasteiger partial charge in [-0.1, -0.05) is 25.1 Å². The van der Waals surface area contributed by atoms with E-state index in [-0.39, 0.29) is 6.42 Å². The zero-order valence-corrected chi connectivity index (χ0v) is 19.3. The highest BCUT2D eigenvalue weighted by Gasteiger charge is 2.43. The molecule has 2 N–H and O–H groups in total. The van der Waals surface area contributed by atoms with Gasteiger partial charge in [-0.2, -0.15) is 0 Å². The molecular formula is C23H27FN2O5S. The monoisotopic (exact) mass is 462 g/mol. The quantitative estimate of drug-likeness (QED) is 0.582. The molecule has 1 aromatic carbocycles. The van der Waals surface area contributed by atoms with E-state index in [4.69, 9.17) is 9.57 Å². The first-order valence-corrected chi connectivity index (χ1v) is 11.2. The Morgan fingerprint density at radius 1 is 1.28 bits per heavy atom. The van der Waals surface area contributed by atoms with Crippen LogP contribution in [0, 0.1) is 0 Å². The molecule has 1 aromatic heterocycles. The van der Waals surface area contributed by atoms with Crippen LogP contribution in [-0.2, 0) is 24.0 Å². The third-order valence-electron chi connectivity index (χ3n) is 4.94. The van der Waals surface area contributed by atoms with Crippen molar-refractivity contribution in [2.75, 3.05) is 6.67 Å². The minimum absolute atomic E-state index is 0.253. The number of rotatable bonds is 8. The fourth-order valence-corrected chi connectivity index (χ4v) is 4.31. The molecule has 0 saturated heterocycles. The van der Waals surface area contributed by atoms with Crippen molar-refractivity contribution in [3.05, 3.63) is 41.3 Å². The SMILES string of the molecule is CCC1(C(=O)NC(CC(=O)OC(C)(C)C)C(=O)CF)C=C(c2cc3ccccc3s2)NO1. The molecule has 1 aliphatic heterocycles. The summed E-state index contributed by atoms with van der Waals surface area (Å²) in [6, 6.07) is 8.54. The number of hydrogen-bond acceptors (Lipinski definition) is 7. The summed E-state index contributed by atoms with van der Waals surface area (Å²) >= 11 is 1.55. The number of ether oxygens (including phenoxy) is 1. The van der Waals surface area contributed by atoms with Gasteiger partial charge in [-0.05, 0) is 50.8 Å². The minimum atomic E-state index is -1.41. The number of amides is 1. The van der Waals surface area contributed by atoms with Gasteiger partial charge in [0.25, 0.3) is 5.91 Å². The maximum absolute atomic E-state index is 13.1. The summed E-state index contributed by atoms with van der Waals surface area (Å²) in [4.78, 5) is 43.9. The number of hydrogen-bond donors (Lipinski definition) is 2. The summed E-state index contributed by atoms with van der Waals surface area (Å²) in [5.74, 6) is -2.25. The molecule has 0 radical (unpaired) electrons. The molecule has 0 bridgehead atoms. The molecule has 9 heteroatoms. The Labute approximate surface area is 189 Å². The molecular weight excluding hydrogens is 435 g/mol. The number of hydroxylamine groups is 1. The summed E-state index contributed by atoms with van der Waals surface area (Å²) in [5, 5.41) is 3.55. The lowest BCUT2D eigenvalue weighted by Crippen LogP contribution is -2.53. The first-order valence-electron chi connectivity index (χ1n) is 10.3. The van der Waals surface area contributed by atoms with E-state index in [1.807, 2.05) is 30.3 Å². The zero-order chi connectivity index (χ0) is 23.5. The van der Waals surface area contributed by atoms with Gasteiger partial charge in [0, 0.05) is 4.70 Å². The van der Waals surface area contributed by atoms with Crippen LogP contribution < -0.4 is 10.8 Å². The average molecular weight is 463 g/mol. The number of thiophene rings is 1. The first-order chi connectivity index (χ1) is 15.1. The van der Waals surface area contributed by atoms with Gasteiger partial charge in [0.15, 0.2) is 11.4 Å². The molecule has 1 amide bonds. The number of alkyl halides is 1. The molecule has 0 spiro atoms. The van der Waals surface area contributed by atoms with Gasteiger partial charge >= 0.3 is 5.97 Å². The largest absolute Gasteiger partial charge is 0.460 e. The fraction of sp³-hybridized carbons (Fsp3) is 0.435. The van der Waals surface area contributed by atoms with Crippen LogP contribution in [0.5, 0.6) is 0 Å².